The number of benzene rings is 1. The summed E-state index contributed by atoms with van der Waals surface area (Å²) in [6, 6.07) is 19.0. The van der Waals surface area contributed by atoms with Crippen LogP contribution < -0.4 is 10.2 Å². The fourth-order valence-corrected chi connectivity index (χ4v) is 3.71. The minimum atomic E-state index is -0.128. The highest BCUT2D eigenvalue weighted by molar-refractivity contribution is 5.93. The molecular formula is C24H23N7O2. The largest absolute Gasteiger partial charge is 0.355 e. The summed E-state index contributed by atoms with van der Waals surface area (Å²) < 4.78 is 5.38. The molecule has 1 aromatic carbocycles. The normalized spacial score (nSPS) is 13.7. The van der Waals surface area contributed by atoms with Crippen LogP contribution in [0.1, 0.15) is 16.1 Å². The summed E-state index contributed by atoms with van der Waals surface area (Å²) in [6.07, 6.45) is 1.75. The van der Waals surface area contributed by atoms with Crippen LogP contribution in [0.2, 0.25) is 0 Å². The molecule has 0 bridgehead atoms. The maximum absolute atomic E-state index is 12.9. The van der Waals surface area contributed by atoms with E-state index in [4.69, 9.17) is 4.52 Å². The number of nitrogens with one attached hydrogen (secondary N) is 1. The minimum absolute atomic E-state index is 0.128. The summed E-state index contributed by atoms with van der Waals surface area (Å²) in [5, 5.41) is 15.7. The van der Waals surface area contributed by atoms with Crippen molar-refractivity contribution >= 4 is 23.4 Å². The lowest BCUT2D eigenvalue weighted by Gasteiger charge is -2.34. The van der Waals surface area contributed by atoms with Crippen LogP contribution >= 0.6 is 0 Å². The minimum Gasteiger partial charge on any atom is -0.355 e. The van der Waals surface area contributed by atoms with Gasteiger partial charge in [0.25, 0.3) is 5.91 Å². The van der Waals surface area contributed by atoms with Gasteiger partial charge in [-0.15, -0.1) is 10.2 Å². The number of amides is 1. The van der Waals surface area contributed by atoms with Gasteiger partial charge in [-0.25, -0.2) is 4.98 Å². The second-order valence-electron chi connectivity index (χ2n) is 7.84. The molecular weight excluding hydrogens is 418 g/mol. The van der Waals surface area contributed by atoms with Crippen LogP contribution in [-0.2, 0) is 0 Å². The van der Waals surface area contributed by atoms with E-state index >= 15 is 0 Å². The molecule has 0 spiro atoms. The van der Waals surface area contributed by atoms with Gasteiger partial charge in [0.2, 0.25) is 0 Å². The van der Waals surface area contributed by atoms with Crippen molar-refractivity contribution in [3.63, 3.8) is 0 Å². The number of carbonyl (C=O) groups excluding carboxylic acids is 1. The molecule has 5 rings (SSSR count). The van der Waals surface area contributed by atoms with Gasteiger partial charge in [-0.1, -0.05) is 35.5 Å². The Hall–Kier alpha value is -4.27. The van der Waals surface area contributed by atoms with E-state index < -0.39 is 0 Å². The Kier molecular flexibility index (Phi) is 5.67. The summed E-state index contributed by atoms with van der Waals surface area (Å²) in [7, 11) is 0. The molecule has 0 unspecified atom stereocenters. The van der Waals surface area contributed by atoms with Gasteiger partial charge in [-0.3, -0.25) is 4.79 Å². The molecule has 166 valence electrons. The van der Waals surface area contributed by atoms with E-state index in [0.717, 1.165) is 22.8 Å². The molecule has 1 fully saturated rings. The Labute approximate surface area is 191 Å². The third-order valence-corrected chi connectivity index (χ3v) is 5.50. The molecule has 0 atom stereocenters. The number of hydrogen-bond acceptors (Lipinski definition) is 8. The highest BCUT2D eigenvalue weighted by Gasteiger charge is 2.25. The van der Waals surface area contributed by atoms with Crippen LogP contribution in [0.15, 0.2) is 71.4 Å². The molecule has 4 heterocycles. The van der Waals surface area contributed by atoms with Gasteiger partial charge in [0.05, 0.1) is 0 Å². The van der Waals surface area contributed by atoms with E-state index in [0.29, 0.717) is 43.5 Å². The van der Waals surface area contributed by atoms with E-state index in [1.54, 1.807) is 17.2 Å². The van der Waals surface area contributed by atoms with Gasteiger partial charge in [-0.05, 0) is 36.8 Å². The predicted octanol–water partition coefficient (Wildman–Crippen LogP) is 3.54. The first-order valence-electron chi connectivity index (χ1n) is 10.8. The van der Waals surface area contributed by atoms with Crippen LogP contribution in [0, 0.1) is 6.92 Å². The van der Waals surface area contributed by atoms with Crippen LogP contribution in [-0.4, -0.2) is 57.3 Å². The molecule has 0 saturated carbocycles. The summed E-state index contributed by atoms with van der Waals surface area (Å²) in [5.41, 5.74) is 2.33. The number of pyridine rings is 1. The Bertz CT molecular complexity index is 1230. The Morgan fingerprint density at radius 2 is 1.76 bits per heavy atom. The zero-order chi connectivity index (χ0) is 22.6. The second kappa shape index (κ2) is 9.07. The zero-order valence-corrected chi connectivity index (χ0v) is 18.2. The maximum atomic E-state index is 12.9. The number of piperazine rings is 1. The topological polar surface area (TPSA) is 100 Å². The van der Waals surface area contributed by atoms with Crippen molar-refractivity contribution in [1.82, 2.24) is 25.2 Å². The fraction of sp³-hybridized carbons (Fsp3) is 0.208. The molecule has 1 saturated heterocycles. The molecule has 3 aromatic heterocycles. The van der Waals surface area contributed by atoms with Gasteiger partial charge < -0.3 is 19.6 Å². The van der Waals surface area contributed by atoms with Gasteiger partial charge in [0, 0.05) is 44.0 Å². The van der Waals surface area contributed by atoms with E-state index in [1.807, 2.05) is 61.5 Å². The quantitative estimate of drug-likeness (QED) is 0.502. The number of anilines is 3. The number of aryl methyl sites for hydroxylation is 1. The fourth-order valence-electron chi connectivity index (χ4n) is 3.71. The summed E-state index contributed by atoms with van der Waals surface area (Å²) in [6.45, 7) is 4.48. The van der Waals surface area contributed by atoms with Crippen molar-refractivity contribution in [2.24, 2.45) is 0 Å². The Morgan fingerprint density at radius 1 is 0.939 bits per heavy atom. The van der Waals surface area contributed by atoms with Crippen LogP contribution in [0.5, 0.6) is 0 Å². The summed E-state index contributed by atoms with van der Waals surface area (Å²) in [5.74, 6) is 2.59. The summed E-state index contributed by atoms with van der Waals surface area (Å²) in [4.78, 5) is 21.1. The van der Waals surface area contributed by atoms with Crippen LogP contribution in [0.4, 0.5) is 17.5 Å². The highest BCUT2D eigenvalue weighted by atomic mass is 16.5. The lowest BCUT2D eigenvalue weighted by Crippen LogP contribution is -2.49. The molecule has 4 aromatic rings. The van der Waals surface area contributed by atoms with Crippen molar-refractivity contribution in [2.75, 3.05) is 36.4 Å². The highest BCUT2D eigenvalue weighted by Crippen LogP contribution is 2.22. The van der Waals surface area contributed by atoms with Gasteiger partial charge >= 0.3 is 0 Å². The Morgan fingerprint density at radius 3 is 2.48 bits per heavy atom. The lowest BCUT2D eigenvalue weighted by atomic mass is 10.1. The third kappa shape index (κ3) is 4.67. The van der Waals surface area contributed by atoms with Gasteiger partial charge in [-0.2, -0.15) is 0 Å². The molecule has 9 nitrogen and oxygen atoms in total. The maximum Gasteiger partial charge on any atom is 0.276 e. The number of carbonyl (C=O) groups is 1. The van der Waals surface area contributed by atoms with Gasteiger partial charge in [0.1, 0.15) is 5.82 Å². The lowest BCUT2D eigenvalue weighted by molar-refractivity contribution is 0.0736. The van der Waals surface area contributed by atoms with E-state index in [9.17, 15) is 4.79 Å². The smallest absolute Gasteiger partial charge is 0.276 e. The standard InChI is InChI=1S/C24H23N7O2/c1-17-9-10-25-22(15-17)26-21-7-8-23(28-27-21)30-11-13-31(14-12-30)24(32)19-16-20(33-29-19)18-5-3-2-4-6-18/h2-10,15-16H,11-14H2,1H3,(H,25,26,27). The first kappa shape index (κ1) is 20.6. The van der Waals surface area contributed by atoms with Crippen molar-refractivity contribution < 1.29 is 9.32 Å². The molecule has 1 amide bonds. The Balaban J connectivity index is 1.18. The molecule has 1 aliphatic rings. The van der Waals surface area contributed by atoms with Crippen molar-refractivity contribution in [1.29, 1.82) is 0 Å². The second-order valence-corrected chi connectivity index (χ2v) is 7.84. The van der Waals surface area contributed by atoms with Crippen molar-refractivity contribution in [2.45, 2.75) is 6.92 Å². The zero-order valence-electron chi connectivity index (χ0n) is 18.2. The average Bonchev–Trinajstić information content (AvgIpc) is 3.35. The molecule has 0 aliphatic carbocycles. The van der Waals surface area contributed by atoms with E-state index in [-0.39, 0.29) is 5.91 Å². The summed E-state index contributed by atoms with van der Waals surface area (Å²) >= 11 is 0. The number of nitrogens with zero attached hydrogens (tertiary/aromatic N) is 6. The number of hydrogen-bond donors (Lipinski definition) is 1. The monoisotopic (exact) mass is 441 g/mol. The molecule has 0 radical (unpaired) electrons. The van der Waals surface area contributed by atoms with Crippen LogP contribution in [0.25, 0.3) is 11.3 Å². The van der Waals surface area contributed by atoms with E-state index in [2.05, 4.69) is 30.6 Å². The first-order chi connectivity index (χ1) is 16.2. The number of aromatic nitrogens is 4. The SMILES string of the molecule is Cc1ccnc(Nc2ccc(N3CCN(C(=O)c4cc(-c5ccccc5)on4)CC3)nn2)c1. The first-order valence-corrected chi connectivity index (χ1v) is 10.8. The van der Waals surface area contributed by atoms with E-state index in [1.165, 1.54) is 0 Å². The molecule has 33 heavy (non-hydrogen) atoms. The molecule has 9 heteroatoms. The third-order valence-electron chi connectivity index (χ3n) is 5.50. The predicted molar refractivity (Wildman–Crippen MR) is 124 cm³/mol. The van der Waals surface area contributed by atoms with Crippen LogP contribution in [0.3, 0.4) is 0 Å². The van der Waals surface area contributed by atoms with Gasteiger partial charge in [0.15, 0.2) is 23.1 Å². The van der Waals surface area contributed by atoms with Crippen molar-refractivity contribution in [3.05, 3.63) is 78.1 Å². The number of rotatable bonds is 5. The molecule has 1 N–H and O–H groups in total. The van der Waals surface area contributed by atoms with Crippen molar-refractivity contribution in [3.8, 4) is 11.3 Å². The molecule has 1 aliphatic heterocycles. The average molecular weight is 441 g/mol.